The number of carbonyl (C=O) groups is 1. The lowest BCUT2D eigenvalue weighted by Gasteiger charge is -2.38. The maximum absolute atomic E-state index is 12.3. The summed E-state index contributed by atoms with van der Waals surface area (Å²) in [7, 11) is 0. The van der Waals surface area contributed by atoms with Gasteiger partial charge in [0.05, 0.1) is 16.6 Å². The van der Waals surface area contributed by atoms with E-state index in [-0.39, 0.29) is 5.78 Å². The van der Waals surface area contributed by atoms with Gasteiger partial charge in [0.25, 0.3) is 0 Å². The Morgan fingerprint density at radius 2 is 1.84 bits per heavy atom. The Balaban J connectivity index is 2.09. The van der Waals surface area contributed by atoms with E-state index in [1.54, 1.807) is 18.2 Å². The van der Waals surface area contributed by atoms with Gasteiger partial charge in [-0.25, -0.2) is 0 Å². The highest BCUT2D eigenvalue weighted by molar-refractivity contribution is 6.42. The number of likely N-dealkylation sites (tertiary alicyclic amines) is 1. The number of Topliss-reactive ketones (excluding diaryl/α,β-unsaturated/α-hetero) is 1. The molecule has 4 heteroatoms. The zero-order chi connectivity index (χ0) is 14.0. The van der Waals surface area contributed by atoms with Crippen molar-refractivity contribution in [1.82, 2.24) is 4.90 Å². The zero-order valence-corrected chi connectivity index (χ0v) is 12.8. The molecule has 0 aromatic heterocycles. The second-order valence-electron chi connectivity index (χ2n) is 5.35. The van der Waals surface area contributed by atoms with Gasteiger partial charge in [-0.2, -0.15) is 0 Å². The number of hydrogen-bond acceptors (Lipinski definition) is 2. The fourth-order valence-corrected chi connectivity index (χ4v) is 3.01. The number of benzene rings is 1. The van der Waals surface area contributed by atoms with Crippen LogP contribution in [0.15, 0.2) is 18.2 Å². The van der Waals surface area contributed by atoms with E-state index in [2.05, 4.69) is 18.7 Å². The van der Waals surface area contributed by atoms with Crippen molar-refractivity contribution < 1.29 is 4.79 Å². The van der Waals surface area contributed by atoms with Crippen LogP contribution in [0.1, 0.15) is 43.5 Å². The van der Waals surface area contributed by atoms with Crippen LogP contribution in [-0.2, 0) is 0 Å². The summed E-state index contributed by atoms with van der Waals surface area (Å²) in [5.74, 6) is 0.110. The van der Waals surface area contributed by atoms with E-state index < -0.39 is 0 Å². The Bertz CT molecular complexity index is 465. The number of rotatable bonds is 3. The van der Waals surface area contributed by atoms with E-state index in [4.69, 9.17) is 23.2 Å². The first-order valence-electron chi connectivity index (χ1n) is 6.73. The molecular weight excluding hydrogens is 281 g/mol. The minimum Gasteiger partial charge on any atom is -0.293 e. The van der Waals surface area contributed by atoms with Crippen molar-refractivity contribution in [3.63, 3.8) is 0 Å². The average Bonchev–Trinajstić information content (AvgIpc) is 2.37. The maximum atomic E-state index is 12.3. The molecule has 1 aliphatic heterocycles. The van der Waals surface area contributed by atoms with Crippen LogP contribution in [0.25, 0.3) is 0 Å². The van der Waals surface area contributed by atoms with Crippen molar-refractivity contribution in [2.24, 2.45) is 0 Å². The van der Waals surface area contributed by atoms with Gasteiger partial charge < -0.3 is 0 Å². The van der Waals surface area contributed by atoms with Crippen molar-refractivity contribution in [3.8, 4) is 0 Å². The first kappa shape index (κ1) is 14.8. The van der Waals surface area contributed by atoms with E-state index in [0.29, 0.717) is 34.2 Å². The van der Waals surface area contributed by atoms with Crippen molar-refractivity contribution in [2.75, 3.05) is 6.54 Å². The van der Waals surface area contributed by atoms with E-state index in [9.17, 15) is 4.79 Å². The van der Waals surface area contributed by atoms with Gasteiger partial charge in [-0.05, 0) is 44.9 Å². The Hall–Kier alpha value is -0.570. The molecule has 0 unspecified atom stereocenters. The molecule has 0 N–H and O–H groups in total. The predicted molar refractivity (Wildman–Crippen MR) is 80.3 cm³/mol. The number of ketones is 1. The van der Waals surface area contributed by atoms with Crippen molar-refractivity contribution in [3.05, 3.63) is 33.8 Å². The molecule has 0 saturated carbocycles. The van der Waals surface area contributed by atoms with Crippen LogP contribution in [0.4, 0.5) is 0 Å². The van der Waals surface area contributed by atoms with E-state index in [1.807, 2.05) is 0 Å². The highest BCUT2D eigenvalue weighted by atomic mass is 35.5. The molecule has 104 valence electrons. The number of halogens is 2. The van der Waals surface area contributed by atoms with Gasteiger partial charge in [0.15, 0.2) is 5.78 Å². The largest absolute Gasteiger partial charge is 0.293 e. The molecule has 19 heavy (non-hydrogen) atoms. The van der Waals surface area contributed by atoms with Crippen LogP contribution in [0.2, 0.25) is 10.0 Å². The Morgan fingerprint density at radius 3 is 2.42 bits per heavy atom. The van der Waals surface area contributed by atoms with E-state index in [1.165, 1.54) is 19.3 Å². The minimum atomic E-state index is 0.110. The molecule has 2 rings (SSSR count). The third-order valence-electron chi connectivity index (χ3n) is 3.94. The van der Waals surface area contributed by atoms with Gasteiger partial charge >= 0.3 is 0 Å². The summed E-state index contributed by atoms with van der Waals surface area (Å²) in [6, 6.07) is 6.02. The van der Waals surface area contributed by atoms with Gasteiger partial charge in [-0.15, -0.1) is 0 Å². The number of carbonyl (C=O) groups excluding carboxylic acids is 1. The molecular formula is C15H19Cl2NO. The molecule has 1 saturated heterocycles. The van der Waals surface area contributed by atoms with Crippen LogP contribution in [0, 0.1) is 0 Å². The molecule has 0 aliphatic carbocycles. The first-order valence-corrected chi connectivity index (χ1v) is 7.48. The molecule has 1 fully saturated rings. The molecule has 0 amide bonds. The first-order chi connectivity index (χ1) is 8.99. The third-order valence-corrected chi connectivity index (χ3v) is 4.68. The zero-order valence-electron chi connectivity index (χ0n) is 11.3. The highest BCUT2D eigenvalue weighted by Gasteiger charge is 2.26. The molecule has 2 nitrogen and oxygen atoms in total. The van der Waals surface area contributed by atoms with Crippen molar-refractivity contribution >= 4 is 29.0 Å². The summed E-state index contributed by atoms with van der Waals surface area (Å²) in [5, 5.41) is 0.921. The van der Waals surface area contributed by atoms with Crippen LogP contribution >= 0.6 is 23.2 Å². The molecule has 0 radical (unpaired) electrons. The molecule has 1 aromatic rings. The maximum Gasteiger partial charge on any atom is 0.176 e. The quantitative estimate of drug-likeness (QED) is 0.769. The van der Waals surface area contributed by atoms with Gasteiger partial charge in [0.1, 0.15) is 0 Å². The standard InChI is InChI=1S/C15H19Cl2NO/c1-10-4-3-5-11(2)18(10)9-15(19)12-6-7-13(16)14(17)8-12/h6-8,10-11H,3-5,9H2,1-2H3/t10-,11-/m1/s1. The van der Waals surface area contributed by atoms with Crippen LogP contribution in [0.5, 0.6) is 0 Å². The number of piperidine rings is 1. The minimum absolute atomic E-state index is 0.110. The second-order valence-corrected chi connectivity index (χ2v) is 6.17. The summed E-state index contributed by atoms with van der Waals surface area (Å²) < 4.78 is 0. The summed E-state index contributed by atoms with van der Waals surface area (Å²) in [5.41, 5.74) is 0.638. The Kier molecular flexibility index (Phi) is 4.88. The van der Waals surface area contributed by atoms with E-state index in [0.717, 1.165) is 0 Å². The monoisotopic (exact) mass is 299 g/mol. The van der Waals surface area contributed by atoms with Crippen molar-refractivity contribution in [2.45, 2.75) is 45.2 Å². The fourth-order valence-electron chi connectivity index (χ4n) is 2.71. The summed E-state index contributed by atoms with van der Waals surface area (Å²) in [4.78, 5) is 14.6. The second kappa shape index (κ2) is 6.25. The Labute approximate surface area is 124 Å². The summed E-state index contributed by atoms with van der Waals surface area (Å²) >= 11 is 11.8. The summed E-state index contributed by atoms with van der Waals surface area (Å²) in [6.07, 6.45) is 3.58. The third kappa shape index (κ3) is 3.50. The molecule has 1 aliphatic rings. The molecule has 0 bridgehead atoms. The van der Waals surface area contributed by atoms with Crippen molar-refractivity contribution in [1.29, 1.82) is 0 Å². The molecule has 1 heterocycles. The van der Waals surface area contributed by atoms with Crippen LogP contribution in [0.3, 0.4) is 0 Å². The van der Waals surface area contributed by atoms with Gasteiger partial charge in [0, 0.05) is 17.6 Å². The van der Waals surface area contributed by atoms with Crippen LogP contribution < -0.4 is 0 Å². The molecule has 2 atom stereocenters. The smallest absolute Gasteiger partial charge is 0.176 e. The lowest BCUT2D eigenvalue weighted by Crippen LogP contribution is -2.46. The number of nitrogens with zero attached hydrogens (tertiary/aromatic N) is 1. The Morgan fingerprint density at radius 1 is 1.21 bits per heavy atom. The lowest BCUT2D eigenvalue weighted by atomic mass is 9.96. The average molecular weight is 300 g/mol. The predicted octanol–water partition coefficient (Wildman–Crippen LogP) is 4.44. The SMILES string of the molecule is C[C@@H]1CCC[C@@H](C)N1CC(=O)c1ccc(Cl)c(Cl)c1. The highest BCUT2D eigenvalue weighted by Crippen LogP contribution is 2.25. The fraction of sp³-hybridized carbons (Fsp3) is 0.533. The molecule has 1 aromatic carbocycles. The van der Waals surface area contributed by atoms with Crippen LogP contribution in [-0.4, -0.2) is 29.3 Å². The normalized spacial score (nSPS) is 24.4. The van der Waals surface area contributed by atoms with Gasteiger partial charge in [-0.3, -0.25) is 9.69 Å². The molecule has 0 spiro atoms. The topological polar surface area (TPSA) is 20.3 Å². The number of hydrogen-bond donors (Lipinski definition) is 0. The van der Waals surface area contributed by atoms with Gasteiger partial charge in [-0.1, -0.05) is 29.6 Å². The van der Waals surface area contributed by atoms with Gasteiger partial charge in [0.2, 0.25) is 0 Å². The summed E-state index contributed by atoms with van der Waals surface area (Å²) in [6.45, 7) is 4.84. The van der Waals surface area contributed by atoms with E-state index >= 15 is 0 Å². The lowest BCUT2D eigenvalue weighted by molar-refractivity contribution is 0.0734.